The van der Waals surface area contributed by atoms with Crippen molar-refractivity contribution in [2.45, 2.75) is 40.2 Å². The fourth-order valence-corrected chi connectivity index (χ4v) is 1.38. The quantitative estimate of drug-likeness (QED) is 0.733. The summed E-state index contributed by atoms with van der Waals surface area (Å²) in [4.78, 5) is 4.13. The van der Waals surface area contributed by atoms with Gasteiger partial charge in [-0.3, -0.25) is 4.98 Å². The Bertz CT molecular complexity index is 252. The van der Waals surface area contributed by atoms with Crippen molar-refractivity contribution >= 4 is 0 Å². The Morgan fingerprint density at radius 1 is 1.29 bits per heavy atom. The highest BCUT2D eigenvalue weighted by atomic mass is 16.5. The summed E-state index contributed by atoms with van der Waals surface area (Å²) in [5, 5.41) is 0. The van der Waals surface area contributed by atoms with Crippen molar-refractivity contribution in [1.29, 1.82) is 0 Å². The van der Waals surface area contributed by atoms with Gasteiger partial charge in [-0.15, -0.1) is 0 Å². The summed E-state index contributed by atoms with van der Waals surface area (Å²) in [7, 11) is 0. The SMILES string of the molecule is CC(C)Cc1cnccc1OC(C)C. The molecule has 0 radical (unpaired) electrons. The van der Waals surface area contributed by atoms with Crippen LogP contribution >= 0.6 is 0 Å². The largest absolute Gasteiger partial charge is 0.491 e. The smallest absolute Gasteiger partial charge is 0.125 e. The van der Waals surface area contributed by atoms with Crippen molar-refractivity contribution in [3.05, 3.63) is 24.0 Å². The topological polar surface area (TPSA) is 22.1 Å². The number of hydrogen-bond donors (Lipinski definition) is 0. The molecule has 1 aromatic rings. The lowest BCUT2D eigenvalue weighted by atomic mass is 10.0. The zero-order valence-corrected chi connectivity index (χ0v) is 9.45. The van der Waals surface area contributed by atoms with Crippen LogP contribution in [0.15, 0.2) is 18.5 Å². The summed E-state index contributed by atoms with van der Waals surface area (Å²) in [6.45, 7) is 8.48. The van der Waals surface area contributed by atoms with Crippen LogP contribution in [0.1, 0.15) is 33.3 Å². The zero-order chi connectivity index (χ0) is 10.6. The van der Waals surface area contributed by atoms with Crippen LogP contribution in [0.25, 0.3) is 0 Å². The Labute approximate surface area is 86.3 Å². The van der Waals surface area contributed by atoms with E-state index in [0.29, 0.717) is 5.92 Å². The first-order chi connectivity index (χ1) is 6.59. The van der Waals surface area contributed by atoms with Gasteiger partial charge in [0.2, 0.25) is 0 Å². The molecule has 0 aliphatic rings. The molecule has 0 amide bonds. The first-order valence-electron chi connectivity index (χ1n) is 5.19. The molecule has 2 heteroatoms. The molecule has 0 N–H and O–H groups in total. The van der Waals surface area contributed by atoms with Gasteiger partial charge in [0.05, 0.1) is 6.10 Å². The molecule has 0 spiro atoms. The highest BCUT2D eigenvalue weighted by molar-refractivity contribution is 5.30. The molecule has 0 saturated carbocycles. The van der Waals surface area contributed by atoms with Crippen LogP contribution in [0, 0.1) is 5.92 Å². The van der Waals surface area contributed by atoms with Crippen LogP contribution in [0.3, 0.4) is 0 Å². The fourth-order valence-electron chi connectivity index (χ4n) is 1.38. The van der Waals surface area contributed by atoms with E-state index in [4.69, 9.17) is 4.74 Å². The van der Waals surface area contributed by atoms with E-state index < -0.39 is 0 Å². The molecule has 0 unspecified atom stereocenters. The van der Waals surface area contributed by atoms with Crippen LogP contribution in [-0.4, -0.2) is 11.1 Å². The molecule has 1 rings (SSSR count). The first-order valence-corrected chi connectivity index (χ1v) is 5.19. The van der Waals surface area contributed by atoms with Gasteiger partial charge in [-0.05, 0) is 32.3 Å². The fraction of sp³-hybridized carbons (Fsp3) is 0.583. The van der Waals surface area contributed by atoms with E-state index in [1.54, 1.807) is 6.20 Å². The lowest BCUT2D eigenvalue weighted by Crippen LogP contribution is -2.08. The van der Waals surface area contributed by atoms with Gasteiger partial charge in [-0.2, -0.15) is 0 Å². The third kappa shape index (κ3) is 3.36. The van der Waals surface area contributed by atoms with Crippen LogP contribution in [0.5, 0.6) is 5.75 Å². The van der Waals surface area contributed by atoms with Gasteiger partial charge in [0, 0.05) is 18.0 Å². The minimum absolute atomic E-state index is 0.225. The van der Waals surface area contributed by atoms with Gasteiger partial charge in [0.1, 0.15) is 5.75 Å². The summed E-state index contributed by atoms with van der Waals surface area (Å²) in [6, 6.07) is 1.94. The Morgan fingerprint density at radius 2 is 2.00 bits per heavy atom. The minimum atomic E-state index is 0.225. The second kappa shape index (κ2) is 4.99. The van der Waals surface area contributed by atoms with Crippen molar-refractivity contribution in [2.75, 3.05) is 0 Å². The van der Waals surface area contributed by atoms with Crippen LogP contribution in [-0.2, 0) is 6.42 Å². The van der Waals surface area contributed by atoms with E-state index in [1.165, 1.54) is 5.56 Å². The molecular weight excluding hydrogens is 174 g/mol. The Hall–Kier alpha value is -1.05. The van der Waals surface area contributed by atoms with Gasteiger partial charge >= 0.3 is 0 Å². The second-order valence-corrected chi connectivity index (χ2v) is 4.25. The monoisotopic (exact) mass is 193 g/mol. The standard InChI is InChI=1S/C12H19NO/c1-9(2)7-11-8-13-6-5-12(11)14-10(3)4/h5-6,8-10H,7H2,1-4H3. The lowest BCUT2D eigenvalue weighted by molar-refractivity contribution is 0.239. The van der Waals surface area contributed by atoms with E-state index >= 15 is 0 Å². The van der Waals surface area contributed by atoms with Gasteiger partial charge in [0.25, 0.3) is 0 Å². The number of nitrogens with zero attached hydrogens (tertiary/aromatic N) is 1. The number of ether oxygens (including phenoxy) is 1. The highest BCUT2D eigenvalue weighted by Gasteiger charge is 2.06. The molecule has 0 aliphatic heterocycles. The molecule has 1 aromatic heterocycles. The highest BCUT2D eigenvalue weighted by Crippen LogP contribution is 2.21. The molecule has 1 heterocycles. The number of rotatable bonds is 4. The molecule has 0 saturated heterocycles. The van der Waals surface area contributed by atoms with Gasteiger partial charge in [-0.25, -0.2) is 0 Å². The maximum absolute atomic E-state index is 5.71. The maximum atomic E-state index is 5.71. The number of pyridine rings is 1. The summed E-state index contributed by atoms with van der Waals surface area (Å²) in [5.41, 5.74) is 1.20. The average Bonchev–Trinajstić information content (AvgIpc) is 2.06. The normalized spacial score (nSPS) is 11.0. The van der Waals surface area contributed by atoms with Crippen molar-refractivity contribution in [3.8, 4) is 5.75 Å². The molecule has 78 valence electrons. The van der Waals surface area contributed by atoms with E-state index in [1.807, 2.05) is 26.1 Å². The average molecular weight is 193 g/mol. The van der Waals surface area contributed by atoms with Crippen molar-refractivity contribution in [3.63, 3.8) is 0 Å². The molecule has 0 atom stereocenters. The Kier molecular flexibility index (Phi) is 3.93. The summed E-state index contributed by atoms with van der Waals surface area (Å²) in [5.74, 6) is 1.61. The third-order valence-corrected chi connectivity index (χ3v) is 1.85. The first kappa shape index (κ1) is 11.0. The minimum Gasteiger partial charge on any atom is -0.491 e. The summed E-state index contributed by atoms with van der Waals surface area (Å²) >= 11 is 0. The molecule has 0 aromatic carbocycles. The van der Waals surface area contributed by atoms with Crippen LogP contribution in [0.2, 0.25) is 0 Å². The van der Waals surface area contributed by atoms with E-state index in [2.05, 4.69) is 18.8 Å². The molecule has 14 heavy (non-hydrogen) atoms. The van der Waals surface area contributed by atoms with Crippen LogP contribution in [0.4, 0.5) is 0 Å². The maximum Gasteiger partial charge on any atom is 0.125 e. The van der Waals surface area contributed by atoms with Gasteiger partial charge in [0.15, 0.2) is 0 Å². The zero-order valence-electron chi connectivity index (χ0n) is 9.45. The van der Waals surface area contributed by atoms with Gasteiger partial charge < -0.3 is 4.74 Å². The summed E-state index contributed by atoms with van der Waals surface area (Å²) in [6.07, 6.45) is 4.93. The Morgan fingerprint density at radius 3 is 2.57 bits per heavy atom. The molecule has 0 bridgehead atoms. The third-order valence-electron chi connectivity index (χ3n) is 1.85. The van der Waals surface area contributed by atoms with Crippen molar-refractivity contribution in [2.24, 2.45) is 5.92 Å². The van der Waals surface area contributed by atoms with Crippen molar-refractivity contribution < 1.29 is 4.74 Å². The number of aromatic nitrogens is 1. The predicted octanol–water partition coefficient (Wildman–Crippen LogP) is 3.07. The van der Waals surface area contributed by atoms with E-state index in [0.717, 1.165) is 12.2 Å². The van der Waals surface area contributed by atoms with Gasteiger partial charge in [-0.1, -0.05) is 13.8 Å². The summed E-state index contributed by atoms with van der Waals surface area (Å²) < 4.78 is 5.71. The molecular formula is C12H19NO. The molecule has 0 aliphatic carbocycles. The predicted molar refractivity (Wildman–Crippen MR) is 58.5 cm³/mol. The van der Waals surface area contributed by atoms with Crippen molar-refractivity contribution in [1.82, 2.24) is 4.98 Å². The number of hydrogen-bond acceptors (Lipinski definition) is 2. The second-order valence-electron chi connectivity index (χ2n) is 4.25. The molecule has 0 fully saturated rings. The van der Waals surface area contributed by atoms with E-state index in [-0.39, 0.29) is 6.10 Å². The van der Waals surface area contributed by atoms with Crippen LogP contribution < -0.4 is 4.74 Å². The van der Waals surface area contributed by atoms with E-state index in [9.17, 15) is 0 Å². The lowest BCUT2D eigenvalue weighted by Gasteiger charge is -2.14. The molecule has 2 nitrogen and oxygen atoms in total. The Balaban J connectivity index is 2.80.